The van der Waals surface area contributed by atoms with Crippen molar-refractivity contribution < 1.29 is 14.7 Å². The predicted octanol–water partition coefficient (Wildman–Crippen LogP) is 1.85. The molecule has 1 aromatic carbocycles. The summed E-state index contributed by atoms with van der Waals surface area (Å²) >= 11 is 0. The van der Waals surface area contributed by atoms with Crippen LogP contribution in [-0.2, 0) is 17.9 Å². The number of nitrogens with zero attached hydrogens (tertiary/aromatic N) is 4. The van der Waals surface area contributed by atoms with E-state index in [1.165, 1.54) is 17.1 Å². The van der Waals surface area contributed by atoms with Crippen LogP contribution >= 0.6 is 0 Å². The average molecular weight is 339 g/mol. The van der Waals surface area contributed by atoms with Crippen molar-refractivity contribution >= 4 is 17.6 Å². The van der Waals surface area contributed by atoms with E-state index in [1.54, 1.807) is 17.1 Å². The molecule has 3 rings (SSSR count). The van der Waals surface area contributed by atoms with Gasteiger partial charge in [-0.2, -0.15) is 10.2 Å². The van der Waals surface area contributed by atoms with Gasteiger partial charge in [-0.05, 0) is 5.56 Å². The molecule has 2 N–H and O–H groups in total. The van der Waals surface area contributed by atoms with Crippen LogP contribution in [0.5, 0.6) is 0 Å². The summed E-state index contributed by atoms with van der Waals surface area (Å²) in [5, 5.41) is 19.7. The number of benzene rings is 1. The second kappa shape index (κ2) is 7.43. The van der Waals surface area contributed by atoms with Gasteiger partial charge in [0.25, 0.3) is 0 Å². The number of rotatable bonds is 7. The highest BCUT2D eigenvalue weighted by Crippen LogP contribution is 2.09. The number of carbonyl (C=O) groups excluding carboxylic acids is 1. The molecular weight excluding hydrogens is 322 g/mol. The van der Waals surface area contributed by atoms with Crippen LogP contribution in [0.2, 0.25) is 0 Å². The zero-order valence-corrected chi connectivity index (χ0v) is 13.4. The summed E-state index contributed by atoms with van der Waals surface area (Å²) in [6.45, 7) is 0.930. The number of nitrogens with one attached hydrogen (secondary N) is 1. The lowest BCUT2D eigenvalue weighted by molar-refractivity contribution is -0.116. The first-order valence-electron chi connectivity index (χ1n) is 7.72. The summed E-state index contributed by atoms with van der Waals surface area (Å²) in [6, 6.07) is 9.90. The molecule has 2 aromatic heterocycles. The molecule has 0 radical (unpaired) electrons. The number of anilines is 1. The Hall–Kier alpha value is -3.42. The largest absolute Gasteiger partial charge is 0.478 e. The van der Waals surface area contributed by atoms with Gasteiger partial charge in [0.15, 0.2) is 0 Å². The Bertz CT molecular complexity index is 869. The molecule has 8 heteroatoms. The Morgan fingerprint density at radius 2 is 1.80 bits per heavy atom. The van der Waals surface area contributed by atoms with Crippen molar-refractivity contribution in [1.82, 2.24) is 19.6 Å². The van der Waals surface area contributed by atoms with Crippen molar-refractivity contribution in [3.63, 3.8) is 0 Å². The van der Waals surface area contributed by atoms with E-state index < -0.39 is 5.97 Å². The number of amides is 1. The lowest BCUT2D eigenvalue weighted by Crippen LogP contribution is -2.14. The van der Waals surface area contributed by atoms with E-state index in [9.17, 15) is 9.59 Å². The van der Waals surface area contributed by atoms with Gasteiger partial charge in [-0.3, -0.25) is 14.2 Å². The maximum Gasteiger partial charge on any atom is 0.338 e. The van der Waals surface area contributed by atoms with Crippen molar-refractivity contribution in [1.29, 1.82) is 0 Å². The summed E-state index contributed by atoms with van der Waals surface area (Å²) < 4.78 is 3.18. The Morgan fingerprint density at radius 1 is 1.04 bits per heavy atom. The van der Waals surface area contributed by atoms with Crippen LogP contribution in [-0.4, -0.2) is 36.5 Å². The molecule has 0 bridgehead atoms. The molecular formula is C17H17N5O3. The minimum absolute atomic E-state index is 0.0996. The fraction of sp³-hybridized carbons (Fsp3) is 0.176. The van der Waals surface area contributed by atoms with Gasteiger partial charge >= 0.3 is 5.97 Å². The van der Waals surface area contributed by atoms with E-state index >= 15 is 0 Å². The number of carbonyl (C=O) groups is 2. The topological polar surface area (TPSA) is 102 Å². The van der Waals surface area contributed by atoms with Crippen LogP contribution in [0.25, 0.3) is 0 Å². The summed E-state index contributed by atoms with van der Waals surface area (Å²) in [7, 11) is 0. The molecule has 0 spiro atoms. The second-order valence-corrected chi connectivity index (χ2v) is 5.51. The number of carboxylic acid groups (broad SMARTS) is 1. The first-order chi connectivity index (χ1) is 12.1. The number of carboxylic acids is 1. The van der Waals surface area contributed by atoms with Crippen molar-refractivity contribution in [3.8, 4) is 0 Å². The molecule has 0 fully saturated rings. The Morgan fingerprint density at radius 3 is 2.52 bits per heavy atom. The maximum absolute atomic E-state index is 12.0. The summed E-state index contributed by atoms with van der Waals surface area (Å²) in [5.41, 5.74) is 1.84. The fourth-order valence-corrected chi connectivity index (χ4v) is 2.32. The Kier molecular flexibility index (Phi) is 4.89. The first kappa shape index (κ1) is 16.4. The van der Waals surface area contributed by atoms with Gasteiger partial charge in [-0.1, -0.05) is 30.3 Å². The molecule has 1 amide bonds. The fourth-order valence-electron chi connectivity index (χ4n) is 2.32. The maximum atomic E-state index is 12.0. The molecule has 3 aromatic rings. The molecule has 2 heterocycles. The minimum Gasteiger partial charge on any atom is -0.478 e. The molecule has 0 aliphatic heterocycles. The number of aryl methyl sites for hydroxylation is 1. The Balaban J connectivity index is 1.50. The van der Waals surface area contributed by atoms with E-state index in [0.29, 0.717) is 18.8 Å². The quantitative estimate of drug-likeness (QED) is 0.684. The number of aromatic nitrogens is 4. The number of hydrogen-bond acceptors (Lipinski definition) is 4. The normalized spacial score (nSPS) is 10.6. The van der Waals surface area contributed by atoms with Crippen LogP contribution in [0.15, 0.2) is 55.1 Å². The van der Waals surface area contributed by atoms with Crippen LogP contribution in [0.3, 0.4) is 0 Å². The van der Waals surface area contributed by atoms with Crippen LogP contribution < -0.4 is 5.32 Å². The van der Waals surface area contributed by atoms with E-state index in [0.717, 1.165) is 5.56 Å². The molecule has 0 aliphatic rings. The van der Waals surface area contributed by atoms with Crippen LogP contribution in [0, 0.1) is 0 Å². The van der Waals surface area contributed by atoms with Gasteiger partial charge < -0.3 is 10.4 Å². The van der Waals surface area contributed by atoms with Gasteiger partial charge in [-0.15, -0.1) is 0 Å². The highest BCUT2D eigenvalue weighted by molar-refractivity contribution is 5.90. The van der Waals surface area contributed by atoms with E-state index in [2.05, 4.69) is 15.5 Å². The monoisotopic (exact) mass is 339 g/mol. The zero-order valence-electron chi connectivity index (χ0n) is 13.4. The van der Waals surface area contributed by atoms with Gasteiger partial charge in [0.1, 0.15) is 0 Å². The molecule has 0 atom stereocenters. The number of hydrogen-bond donors (Lipinski definition) is 2. The molecule has 0 saturated heterocycles. The molecule has 0 aliphatic carbocycles. The number of aromatic carboxylic acids is 1. The lowest BCUT2D eigenvalue weighted by atomic mass is 10.2. The third-order valence-electron chi connectivity index (χ3n) is 3.55. The SMILES string of the molecule is O=C(CCn1cc(C(=O)O)cn1)Nc1cnn(Cc2ccccc2)c1. The molecule has 8 nitrogen and oxygen atoms in total. The highest BCUT2D eigenvalue weighted by atomic mass is 16.4. The second-order valence-electron chi connectivity index (χ2n) is 5.51. The smallest absolute Gasteiger partial charge is 0.338 e. The minimum atomic E-state index is -1.04. The van der Waals surface area contributed by atoms with Crippen molar-refractivity contribution in [3.05, 3.63) is 66.2 Å². The van der Waals surface area contributed by atoms with Crippen molar-refractivity contribution in [2.24, 2.45) is 0 Å². The molecule has 25 heavy (non-hydrogen) atoms. The molecule has 0 saturated carbocycles. The van der Waals surface area contributed by atoms with Gasteiger partial charge in [0.2, 0.25) is 5.91 Å². The third kappa shape index (κ3) is 4.54. The Labute approximate surface area is 143 Å². The summed E-state index contributed by atoms with van der Waals surface area (Å²) in [5.74, 6) is -1.23. The van der Waals surface area contributed by atoms with Gasteiger partial charge in [-0.25, -0.2) is 4.79 Å². The lowest BCUT2D eigenvalue weighted by Gasteiger charge is -2.03. The van der Waals surface area contributed by atoms with E-state index in [4.69, 9.17) is 5.11 Å². The summed E-state index contributed by atoms with van der Waals surface area (Å²) in [6.07, 6.45) is 6.20. The predicted molar refractivity (Wildman–Crippen MR) is 90.2 cm³/mol. The van der Waals surface area contributed by atoms with E-state index in [-0.39, 0.29) is 17.9 Å². The van der Waals surface area contributed by atoms with Crippen molar-refractivity contribution in [2.45, 2.75) is 19.5 Å². The van der Waals surface area contributed by atoms with Crippen LogP contribution in [0.1, 0.15) is 22.3 Å². The van der Waals surface area contributed by atoms with Gasteiger partial charge in [0, 0.05) is 25.4 Å². The molecule has 0 unspecified atom stereocenters. The summed E-state index contributed by atoms with van der Waals surface area (Å²) in [4.78, 5) is 22.8. The third-order valence-corrected chi connectivity index (χ3v) is 3.55. The molecule has 128 valence electrons. The van der Waals surface area contributed by atoms with E-state index in [1.807, 2.05) is 30.3 Å². The van der Waals surface area contributed by atoms with Gasteiger partial charge in [0.05, 0.1) is 30.2 Å². The van der Waals surface area contributed by atoms with Crippen LogP contribution in [0.4, 0.5) is 5.69 Å². The average Bonchev–Trinajstić information content (AvgIpc) is 3.23. The van der Waals surface area contributed by atoms with Crippen molar-refractivity contribution in [2.75, 3.05) is 5.32 Å². The highest BCUT2D eigenvalue weighted by Gasteiger charge is 2.08. The first-order valence-corrected chi connectivity index (χ1v) is 7.72. The zero-order chi connectivity index (χ0) is 17.6. The standard InChI is InChI=1S/C17H17N5O3/c23-16(6-7-21-11-14(8-18-21)17(24)25)20-15-9-19-22(12-15)10-13-4-2-1-3-5-13/h1-5,8-9,11-12H,6-7,10H2,(H,20,23)(H,24,25).